The number of carbonyl (C=O) groups excluding carboxylic acids is 2. The third-order valence-electron chi connectivity index (χ3n) is 3.93. The van der Waals surface area contributed by atoms with Crippen molar-refractivity contribution in [3.8, 4) is 0 Å². The lowest BCUT2D eigenvalue weighted by Gasteiger charge is -2.36. The molecular formula is C19H26N2O2. The molecule has 23 heavy (non-hydrogen) atoms. The molecule has 0 spiro atoms. The molecular weight excluding hydrogens is 288 g/mol. The number of amides is 2. The summed E-state index contributed by atoms with van der Waals surface area (Å²) in [6, 6.07) is 7.36. The smallest absolute Gasteiger partial charge is 0.268 e. The van der Waals surface area contributed by atoms with Crippen molar-refractivity contribution in [3.63, 3.8) is 0 Å². The Labute approximate surface area is 138 Å². The van der Waals surface area contributed by atoms with E-state index in [0.717, 1.165) is 36.8 Å². The maximum atomic E-state index is 12.8. The van der Waals surface area contributed by atoms with Gasteiger partial charge in [-0.05, 0) is 65.5 Å². The van der Waals surface area contributed by atoms with Crippen molar-refractivity contribution in [2.24, 2.45) is 0 Å². The minimum atomic E-state index is -0.491. The van der Waals surface area contributed by atoms with Gasteiger partial charge in [0.05, 0.1) is 5.54 Å². The minimum Gasteiger partial charge on any atom is -0.268 e. The van der Waals surface area contributed by atoms with Crippen molar-refractivity contribution in [1.82, 2.24) is 10.4 Å². The zero-order chi connectivity index (χ0) is 17.0. The lowest BCUT2D eigenvalue weighted by atomic mass is 9.97. The van der Waals surface area contributed by atoms with Crippen LogP contribution in [0, 0.1) is 6.92 Å². The average molecular weight is 314 g/mol. The van der Waals surface area contributed by atoms with Crippen LogP contribution in [0.1, 0.15) is 62.4 Å². The van der Waals surface area contributed by atoms with Crippen molar-refractivity contribution >= 4 is 11.8 Å². The Hall–Kier alpha value is -2.10. The van der Waals surface area contributed by atoms with E-state index >= 15 is 0 Å². The molecule has 0 atom stereocenters. The summed E-state index contributed by atoms with van der Waals surface area (Å²) in [7, 11) is 0. The molecule has 4 nitrogen and oxygen atoms in total. The second-order valence-corrected chi connectivity index (χ2v) is 7.10. The third-order valence-corrected chi connectivity index (χ3v) is 3.93. The van der Waals surface area contributed by atoms with Crippen LogP contribution in [0.25, 0.3) is 0 Å². The zero-order valence-corrected chi connectivity index (χ0v) is 14.5. The second kappa shape index (κ2) is 6.99. The van der Waals surface area contributed by atoms with E-state index in [4.69, 9.17) is 0 Å². The second-order valence-electron chi connectivity index (χ2n) is 7.10. The van der Waals surface area contributed by atoms with Crippen LogP contribution in [0.15, 0.2) is 35.9 Å². The number of rotatable bonds is 2. The van der Waals surface area contributed by atoms with Gasteiger partial charge in [-0.1, -0.05) is 23.8 Å². The molecule has 0 aliphatic heterocycles. The molecule has 0 heterocycles. The molecule has 0 aromatic heterocycles. The summed E-state index contributed by atoms with van der Waals surface area (Å²) >= 11 is 0. The molecule has 1 aromatic rings. The van der Waals surface area contributed by atoms with Crippen LogP contribution in [0.3, 0.4) is 0 Å². The van der Waals surface area contributed by atoms with E-state index < -0.39 is 5.54 Å². The van der Waals surface area contributed by atoms with E-state index in [0.29, 0.717) is 5.56 Å². The van der Waals surface area contributed by atoms with Crippen LogP contribution in [-0.2, 0) is 4.79 Å². The molecule has 2 amide bonds. The Balaban J connectivity index is 2.21. The van der Waals surface area contributed by atoms with Gasteiger partial charge in [0.1, 0.15) is 0 Å². The normalized spacial score (nSPS) is 14.9. The number of carbonyl (C=O) groups is 2. The first-order valence-electron chi connectivity index (χ1n) is 8.20. The van der Waals surface area contributed by atoms with E-state index in [1.54, 1.807) is 6.07 Å². The molecule has 1 aliphatic rings. The van der Waals surface area contributed by atoms with Crippen molar-refractivity contribution < 1.29 is 9.59 Å². The summed E-state index contributed by atoms with van der Waals surface area (Å²) in [5.41, 5.74) is 4.69. The number of nitrogens with zero attached hydrogens (tertiary/aromatic N) is 1. The predicted octanol–water partition coefficient (Wildman–Crippen LogP) is 3.77. The first-order chi connectivity index (χ1) is 10.8. The van der Waals surface area contributed by atoms with E-state index in [1.165, 1.54) is 5.01 Å². The van der Waals surface area contributed by atoms with Gasteiger partial charge >= 0.3 is 0 Å². The molecule has 0 fully saturated rings. The highest BCUT2D eigenvalue weighted by atomic mass is 16.2. The topological polar surface area (TPSA) is 49.4 Å². The lowest BCUT2D eigenvalue weighted by Crippen LogP contribution is -2.56. The molecule has 1 aliphatic carbocycles. The van der Waals surface area contributed by atoms with E-state index in [9.17, 15) is 9.59 Å². The fourth-order valence-electron chi connectivity index (χ4n) is 2.65. The summed E-state index contributed by atoms with van der Waals surface area (Å²) in [6.45, 7) is 7.71. The molecule has 124 valence electrons. The summed E-state index contributed by atoms with van der Waals surface area (Å²) in [5, 5.41) is 1.47. The van der Waals surface area contributed by atoms with Crippen LogP contribution in [0.4, 0.5) is 0 Å². The largest absolute Gasteiger partial charge is 0.269 e. The molecule has 0 radical (unpaired) electrons. The lowest BCUT2D eigenvalue weighted by molar-refractivity contribution is -0.135. The molecule has 1 N–H and O–H groups in total. The van der Waals surface area contributed by atoms with Crippen molar-refractivity contribution in [2.45, 2.75) is 58.9 Å². The van der Waals surface area contributed by atoms with Gasteiger partial charge in [-0.15, -0.1) is 0 Å². The molecule has 2 rings (SSSR count). The highest BCUT2D eigenvalue weighted by molar-refractivity contribution is 5.99. The Morgan fingerprint density at radius 2 is 1.91 bits per heavy atom. The summed E-state index contributed by atoms with van der Waals surface area (Å²) in [4.78, 5) is 25.3. The molecule has 1 aromatic carbocycles. The van der Waals surface area contributed by atoms with Crippen LogP contribution in [-0.4, -0.2) is 22.4 Å². The molecule has 4 heteroatoms. The molecule has 0 bridgehead atoms. The standard InChI is InChI=1S/C19H26N2O2/c1-14-9-8-12-16(13-14)17(22)20-21(19(2,3)4)18(23)15-10-6-5-7-11-15/h8-10,12-13H,5-7,11H2,1-4H3,(H,20,22). The fourth-order valence-corrected chi connectivity index (χ4v) is 2.65. The Bertz CT molecular complexity index is 627. The van der Waals surface area contributed by atoms with Crippen molar-refractivity contribution in [1.29, 1.82) is 0 Å². The summed E-state index contributed by atoms with van der Waals surface area (Å²) in [6.07, 6.45) is 5.88. The molecule has 0 saturated carbocycles. The van der Waals surface area contributed by atoms with Crippen LogP contribution in [0.2, 0.25) is 0 Å². The summed E-state index contributed by atoms with van der Waals surface area (Å²) < 4.78 is 0. The Morgan fingerprint density at radius 1 is 1.17 bits per heavy atom. The Kier molecular flexibility index (Phi) is 5.24. The predicted molar refractivity (Wildman–Crippen MR) is 91.8 cm³/mol. The SMILES string of the molecule is Cc1cccc(C(=O)NN(C(=O)C2=CCCCC2)C(C)(C)C)c1. The molecule has 0 unspecified atom stereocenters. The van der Waals surface area contributed by atoms with E-state index in [1.807, 2.05) is 52.0 Å². The first-order valence-corrected chi connectivity index (χ1v) is 8.20. The van der Waals surface area contributed by atoms with E-state index in [-0.39, 0.29) is 11.8 Å². The average Bonchev–Trinajstić information content (AvgIpc) is 2.51. The van der Waals surface area contributed by atoms with Gasteiger partial charge in [0.15, 0.2) is 0 Å². The van der Waals surface area contributed by atoms with E-state index in [2.05, 4.69) is 5.43 Å². The number of allylic oxidation sites excluding steroid dienone is 1. The van der Waals surface area contributed by atoms with Gasteiger partial charge in [0.25, 0.3) is 11.8 Å². The van der Waals surface area contributed by atoms with Gasteiger partial charge in [0, 0.05) is 11.1 Å². The van der Waals surface area contributed by atoms with Gasteiger partial charge < -0.3 is 0 Å². The van der Waals surface area contributed by atoms with Crippen LogP contribution >= 0.6 is 0 Å². The van der Waals surface area contributed by atoms with Gasteiger partial charge in [-0.2, -0.15) is 0 Å². The van der Waals surface area contributed by atoms with Crippen molar-refractivity contribution in [2.75, 3.05) is 0 Å². The van der Waals surface area contributed by atoms with Gasteiger partial charge in [-0.25, -0.2) is 5.01 Å². The number of hydrogen-bond acceptors (Lipinski definition) is 2. The molecule has 0 saturated heterocycles. The Morgan fingerprint density at radius 3 is 2.48 bits per heavy atom. The number of nitrogens with one attached hydrogen (secondary N) is 1. The number of benzene rings is 1. The fraction of sp³-hybridized carbons (Fsp3) is 0.474. The van der Waals surface area contributed by atoms with Gasteiger partial charge in [-0.3, -0.25) is 15.0 Å². The highest BCUT2D eigenvalue weighted by Crippen LogP contribution is 2.22. The third kappa shape index (κ3) is 4.44. The number of hydrogen-bond donors (Lipinski definition) is 1. The minimum absolute atomic E-state index is 0.0989. The monoisotopic (exact) mass is 314 g/mol. The number of hydrazine groups is 1. The number of aryl methyl sites for hydroxylation is 1. The van der Waals surface area contributed by atoms with Crippen molar-refractivity contribution in [3.05, 3.63) is 47.0 Å². The van der Waals surface area contributed by atoms with Crippen LogP contribution in [0.5, 0.6) is 0 Å². The first kappa shape index (κ1) is 17.3. The van der Waals surface area contributed by atoms with Crippen LogP contribution < -0.4 is 5.43 Å². The highest BCUT2D eigenvalue weighted by Gasteiger charge is 2.31. The summed E-state index contributed by atoms with van der Waals surface area (Å²) in [5.74, 6) is -0.355. The maximum absolute atomic E-state index is 12.8. The zero-order valence-electron chi connectivity index (χ0n) is 14.5. The maximum Gasteiger partial charge on any atom is 0.269 e. The van der Waals surface area contributed by atoms with Gasteiger partial charge in [0.2, 0.25) is 0 Å². The quantitative estimate of drug-likeness (QED) is 0.845.